The molecule has 0 spiro atoms. The van der Waals surface area contributed by atoms with Crippen molar-refractivity contribution in [1.82, 2.24) is 9.78 Å². The molecule has 1 heterocycles. The number of anilines is 1. The molecule has 0 aliphatic carbocycles. The molecule has 0 aliphatic rings. The van der Waals surface area contributed by atoms with E-state index in [2.05, 4.69) is 65.7 Å². The first-order valence-corrected chi connectivity index (χ1v) is 8.29. The van der Waals surface area contributed by atoms with E-state index in [-0.39, 0.29) is 24.0 Å². The molecule has 6 heteroatoms. The van der Waals surface area contributed by atoms with Gasteiger partial charge >= 0.3 is 0 Å². The maximum absolute atomic E-state index is 6.03. The molecule has 3 rings (SSSR count). The summed E-state index contributed by atoms with van der Waals surface area (Å²) in [5, 5.41) is 7.39. The largest absolute Gasteiger partial charge is 0.370 e. The van der Waals surface area contributed by atoms with E-state index in [1.54, 1.807) is 6.20 Å². The number of aliphatic imine (C=N–C) groups is 1. The molecule has 0 saturated carbocycles. The lowest BCUT2D eigenvalue weighted by Crippen LogP contribution is -2.22. The zero-order valence-corrected chi connectivity index (χ0v) is 17.3. The third-order valence-corrected chi connectivity index (χ3v) is 3.82. The van der Waals surface area contributed by atoms with E-state index in [0.717, 1.165) is 17.8 Å². The summed E-state index contributed by atoms with van der Waals surface area (Å²) in [5.74, 6) is 0.419. The minimum Gasteiger partial charge on any atom is -0.370 e. The average Bonchev–Trinajstić information content (AvgIpc) is 3.05. The van der Waals surface area contributed by atoms with Crippen LogP contribution in [0.1, 0.15) is 22.3 Å². The van der Waals surface area contributed by atoms with E-state index in [1.807, 2.05) is 23.0 Å². The monoisotopic (exact) mass is 461 g/mol. The normalized spacial score (nSPS) is 11.1. The summed E-state index contributed by atoms with van der Waals surface area (Å²) in [5.41, 5.74) is 11.7. The molecule has 1 aromatic heterocycles. The Bertz CT molecular complexity index is 851. The van der Waals surface area contributed by atoms with Gasteiger partial charge in [-0.1, -0.05) is 30.3 Å². The van der Waals surface area contributed by atoms with Crippen molar-refractivity contribution >= 4 is 35.6 Å². The fourth-order valence-electron chi connectivity index (χ4n) is 2.82. The van der Waals surface area contributed by atoms with Gasteiger partial charge in [0.25, 0.3) is 0 Å². The van der Waals surface area contributed by atoms with Crippen LogP contribution < -0.4 is 11.1 Å². The Labute approximate surface area is 171 Å². The molecule has 0 radical (unpaired) electrons. The number of aryl methyl sites for hydroxylation is 2. The van der Waals surface area contributed by atoms with Crippen LogP contribution in [0.15, 0.2) is 65.9 Å². The number of aromatic nitrogens is 2. The Morgan fingerprint density at radius 1 is 1.08 bits per heavy atom. The molecule has 3 N–H and O–H groups in total. The number of hydrogen-bond donors (Lipinski definition) is 2. The SMILES string of the molecule is Cc1cc(C)cc(NC(N)=NCc2cccc(Cn3cccn3)c2)c1.I. The van der Waals surface area contributed by atoms with Gasteiger partial charge in [-0.2, -0.15) is 5.10 Å². The fraction of sp³-hybridized carbons (Fsp3) is 0.200. The molecule has 0 unspecified atom stereocenters. The highest BCUT2D eigenvalue weighted by atomic mass is 127. The quantitative estimate of drug-likeness (QED) is 0.342. The smallest absolute Gasteiger partial charge is 0.193 e. The zero-order valence-electron chi connectivity index (χ0n) is 15.0. The van der Waals surface area contributed by atoms with Gasteiger partial charge < -0.3 is 11.1 Å². The number of rotatable bonds is 5. The third kappa shape index (κ3) is 5.87. The summed E-state index contributed by atoms with van der Waals surface area (Å²) in [6.07, 6.45) is 3.74. The van der Waals surface area contributed by atoms with E-state index in [4.69, 9.17) is 5.73 Å². The highest BCUT2D eigenvalue weighted by molar-refractivity contribution is 14.0. The fourth-order valence-corrected chi connectivity index (χ4v) is 2.82. The number of nitrogens with zero attached hydrogens (tertiary/aromatic N) is 3. The molecule has 0 atom stereocenters. The average molecular weight is 461 g/mol. The standard InChI is InChI=1S/C20H23N5.HI/c1-15-9-16(2)11-19(10-15)24-20(21)22-13-17-5-3-6-18(12-17)14-25-8-4-7-23-25;/h3-12H,13-14H2,1-2H3,(H3,21,22,24);1H. The molecule has 0 amide bonds. The highest BCUT2D eigenvalue weighted by Gasteiger charge is 2.00. The molecule has 136 valence electrons. The summed E-state index contributed by atoms with van der Waals surface area (Å²) in [4.78, 5) is 4.45. The second-order valence-electron chi connectivity index (χ2n) is 6.23. The van der Waals surface area contributed by atoms with Gasteiger partial charge in [-0.05, 0) is 54.3 Å². The van der Waals surface area contributed by atoms with Gasteiger partial charge in [0.15, 0.2) is 5.96 Å². The number of halogens is 1. The van der Waals surface area contributed by atoms with Crippen molar-refractivity contribution in [2.75, 3.05) is 5.32 Å². The highest BCUT2D eigenvalue weighted by Crippen LogP contribution is 2.13. The van der Waals surface area contributed by atoms with Crippen molar-refractivity contribution in [3.8, 4) is 0 Å². The Morgan fingerprint density at radius 3 is 2.50 bits per heavy atom. The van der Waals surface area contributed by atoms with Crippen molar-refractivity contribution in [1.29, 1.82) is 0 Å². The van der Waals surface area contributed by atoms with Crippen molar-refractivity contribution in [2.24, 2.45) is 10.7 Å². The lowest BCUT2D eigenvalue weighted by atomic mass is 10.1. The van der Waals surface area contributed by atoms with Crippen LogP contribution in [0.3, 0.4) is 0 Å². The summed E-state index contributed by atoms with van der Waals surface area (Å²) >= 11 is 0. The van der Waals surface area contributed by atoms with Gasteiger partial charge in [-0.3, -0.25) is 4.68 Å². The van der Waals surface area contributed by atoms with Crippen LogP contribution >= 0.6 is 24.0 Å². The first-order chi connectivity index (χ1) is 12.1. The van der Waals surface area contributed by atoms with Gasteiger partial charge in [-0.15, -0.1) is 24.0 Å². The summed E-state index contributed by atoms with van der Waals surface area (Å²) in [7, 11) is 0. The predicted octanol–water partition coefficient (Wildman–Crippen LogP) is 4.09. The Balaban J connectivity index is 0.00000243. The van der Waals surface area contributed by atoms with Crippen LogP contribution in [0.4, 0.5) is 5.69 Å². The molecule has 2 aromatic carbocycles. The molecular formula is C20H24IN5. The predicted molar refractivity (Wildman–Crippen MR) is 118 cm³/mol. The maximum Gasteiger partial charge on any atom is 0.193 e. The zero-order chi connectivity index (χ0) is 17.6. The lowest BCUT2D eigenvalue weighted by molar-refractivity contribution is 0.686. The number of guanidine groups is 1. The molecular weight excluding hydrogens is 437 g/mol. The molecule has 0 aliphatic heterocycles. The van der Waals surface area contributed by atoms with Crippen LogP contribution in [0.2, 0.25) is 0 Å². The van der Waals surface area contributed by atoms with Crippen molar-refractivity contribution in [3.63, 3.8) is 0 Å². The lowest BCUT2D eigenvalue weighted by Gasteiger charge is -2.08. The van der Waals surface area contributed by atoms with Gasteiger partial charge in [-0.25, -0.2) is 4.99 Å². The minimum atomic E-state index is 0. The molecule has 3 aromatic rings. The van der Waals surface area contributed by atoms with Crippen molar-refractivity contribution < 1.29 is 0 Å². The number of nitrogens with two attached hydrogens (primary N) is 1. The van der Waals surface area contributed by atoms with E-state index in [9.17, 15) is 0 Å². The molecule has 0 fully saturated rings. The van der Waals surface area contributed by atoms with Gasteiger partial charge in [0.05, 0.1) is 13.1 Å². The molecule has 5 nitrogen and oxygen atoms in total. The van der Waals surface area contributed by atoms with Crippen molar-refractivity contribution in [3.05, 3.63) is 83.2 Å². The van der Waals surface area contributed by atoms with E-state index >= 15 is 0 Å². The Hall–Kier alpha value is -2.35. The summed E-state index contributed by atoms with van der Waals surface area (Å²) < 4.78 is 1.90. The summed E-state index contributed by atoms with van der Waals surface area (Å²) in [6.45, 7) is 5.42. The van der Waals surface area contributed by atoms with Crippen LogP contribution in [0.5, 0.6) is 0 Å². The van der Waals surface area contributed by atoms with Gasteiger partial charge in [0, 0.05) is 18.1 Å². The Morgan fingerprint density at radius 2 is 1.81 bits per heavy atom. The van der Waals surface area contributed by atoms with Crippen LogP contribution in [-0.2, 0) is 13.1 Å². The number of hydrogen-bond acceptors (Lipinski definition) is 2. The first-order valence-electron chi connectivity index (χ1n) is 8.29. The number of benzene rings is 2. The van der Waals surface area contributed by atoms with Crippen molar-refractivity contribution in [2.45, 2.75) is 26.9 Å². The summed E-state index contributed by atoms with van der Waals surface area (Å²) in [6, 6.07) is 16.5. The van der Waals surface area contributed by atoms with Crippen LogP contribution in [0, 0.1) is 13.8 Å². The maximum atomic E-state index is 6.03. The Kier molecular flexibility index (Phi) is 7.20. The van der Waals surface area contributed by atoms with E-state index < -0.39 is 0 Å². The van der Waals surface area contributed by atoms with E-state index in [0.29, 0.717) is 12.5 Å². The second-order valence-corrected chi connectivity index (χ2v) is 6.23. The minimum absolute atomic E-state index is 0. The topological polar surface area (TPSA) is 68.2 Å². The second kappa shape index (κ2) is 9.38. The molecule has 26 heavy (non-hydrogen) atoms. The van der Waals surface area contributed by atoms with Crippen LogP contribution in [-0.4, -0.2) is 15.7 Å². The molecule has 0 saturated heterocycles. The molecule has 0 bridgehead atoms. The van der Waals surface area contributed by atoms with Crippen LogP contribution in [0.25, 0.3) is 0 Å². The number of nitrogens with one attached hydrogen (secondary N) is 1. The van der Waals surface area contributed by atoms with Gasteiger partial charge in [0.1, 0.15) is 0 Å². The van der Waals surface area contributed by atoms with Gasteiger partial charge in [0.2, 0.25) is 0 Å². The van der Waals surface area contributed by atoms with E-state index in [1.165, 1.54) is 16.7 Å². The first kappa shape index (κ1) is 20.0. The third-order valence-electron chi connectivity index (χ3n) is 3.82.